The Morgan fingerprint density at radius 2 is 1.89 bits per heavy atom. The summed E-state index contributed by atoms with van der Waals surface area (Å²) in [6, 6.07) is 11.5. The Balaban J connectivity index is 1.36. The van der Waals surface area contributed by atoms with Gasteiger partial charge in [0.2, 0.25) is 17.6 Å². The zero-order valence-corrected chi connectivity index (χ0v) is 15.8. The number of para-hydroxylation sites is 2. The van der Waals surface area contributed by atoms with Crippen molar-refractivity contribution >= 4 is 17.3 Å². The number of hydrogen-bond acceptors (Lipinski definition) is 6. The van der Waals surface area contributed by atoms with Gasteiger partial charge < -0.3 is 19.2 Å². The molecule has 0 saturated carbocycles. The number of carbonyl (C=O) groups excluding carboxylic acids is 1. The number of hydrogen-bond donors (Lipinski definition) is 1. The first-order chi connectivity index (χ1) is 13.8. The Kier molecular flexibility index (Phi) is 5.70. The Labute approximate surface area is 163 Å². The second-order valence-corrected chi connectivity index (χ2v) is 6.96. The highest BCUT2D eigenvalue weighted by molar-refractivity contribution is 5.94. The maximum absolute atomic E-state index is 12.5. The first-order valence-electron chi connectivity index (χ1n) is 9.80. The number of aryl methyl sites for hydroxylation is 1. The van der Waals surface area contributed by atoms with E-state index in [0.717, 1.165) is 24.5 Å². The van der Waals surface area contributed by atoms with E-state index in [-0.39, 0.29) is 12.3 Å². The summed E-state index contributed by atoms with van der Waals surface area (Å²) in [6.45, 7) is 2.06. The van der Waals surface area contributed by atoms with E-state index in [1.54, 1.807) is 18.4 Å². The third-order valence-electron chi connectivity index (χ3n) is 4.90. The Hall–Kier alpha value is -3.09. The number of rotatable bonds is 6. The normalized spacial score (nSPS) is 14.6. The van der Waals surface area contributed by atoms with Gasteiger partial charge in [0, 0.05) is 25.9 Å². The SMILES string of the molecule is O=C(CCc1nc(-c2ccco2)no1)Nc1ccccc1N1CCCCCC1. The molecule has 0 spiro atoms. The lowest BCUT2D eigenvalue weighted by atomic mass is 10.2. The molecule has 1 fully saturated rings. The summed E-state index contributed by atoms with van der Waals surface area (Å²) in [5.41, 5.74) is 1.95. The monoisotopic (exact) mass is 380 g/mol. The molecule has 2 aromatic heterocycles. The summed E-state index contributed by atoms with van der Waals surface area (Å²) in [4.78, 5) is 19.1. The van der Waals surface area contributed by atoms with Crippen LogP contribution >= 0.6 is 0 Å². The molecule has 0 radical (unpaired) electrons. The molecule has 1 N–H and O–H groups in total. The van der Waals surface area contributed by atoms with Gasteiger partial charge in [0.05, 0.1) is 17.6 Å². The van der Waals surface area contributed by atoms with Crippen LogP contribution in [0.15, 0.2) is 51.6 Å². The van der Waals surface area contributed by atoms with E-state index in [1.807, 2.05) is 18.2 Å². The van der Waals surface area contributed by atoms with E-state index in [2.05, 4.69) is 26.4 Å². The number of anilines is 2. The Morgan fingerprint density at radius 3 is 2.68 bits per heavy atom. The third-order valence-corrected chi connectivity index (χ3v) is 4.90. The van der Waals surface area contributed by atoms with Crippen LogP contribution < -0.4 is 10.2 Å². The van der Waals surface area contributed by atoms with Crippen molar-refractivity contribution in [3.8, 4) is 11.6 Å². The maximum Gasteiger partial charge on any atom is 0.238 e. The van der Waals surface area contributed by atoms with Crippen molar-refractivity contribution < 1.29 is 13.7 Å². The molecule has 7 heteroatoms. The minimum absolute atomic E-state index is 0.0694. The number of nitrogens with zero attached hydrogens (tertiary/aromatic N) is 3. The van der Waals surface area contributed by atoms with Crippen LogP contribution in [0, 0.1) is 0 Å². The summed E-state index contributed by atoms with van der Waals surface area (Å²) in [5.74, 6) is 1.29. The first-order valence-corrected chi connectivity index (χ1v) is 9.80. The van der Waals surface area contributed by atoms with Gasteiger partial charge >= 0.3 is 0 Å². The van der Waals surface area contributed by atoms with Crippen LogP contribution in [0.4, 0.5) is 11.4 Å². The predicted octanol–water partition coefficient (Wildman–Crippen LogP) is 4.28. The zero-order valence-electron chi connectivity index (χ0n) is 15.8. The fourth-order valence-electron chi connectivity index (χ4n) is 3.46. The van der Waals surface area contributed by atoms with Gasteiger partial charge in [0.1, 0.15) is 0 Å². The average Bonchev–Trinajstić information content (AvgIpc) is 3.34. The van der Waals surface area contributed by atoms with Crippen molar-refractivity contribution in [3.63, 3.8) is 0 Å². The highest BCUT2D eigenvalue weighted by atomic mass is 16.5. The summed E-state index contributed by atoms with van der Waals surface area (Å²) < 4.78 is 10.5. The number of nitrogens with one attached hydrogen (secondary N) is 1. The van der Waals surface area contributed by atoms with E-state index >= 15 is 0 Å². The first kappa shape index (κ1) is 18.3. The Bertz CT molecular complexity index is 896. The van der Waals surface area contributed by atoms with Gasteiger partial charge in [0.25, 0.3) is 0 Å². The molecule has 3 heterocycles. The molecule has 28 heavy (non-hydrogen) atoms. The molecule has 0 bridgehead atoms. The Morgan fingerprint density at radius 1 is 1.07 bits per heavy atom. The maximum atomic E-state index is 12.5. The zero-order chi connectivity index (χ0) is 19.2. The van der Waals surface area contributed by atoms with Gasteiger partial charge in [-0.15, -0.1) is 0 Å². The van der Waals surface area contributed by atoms with Gasteiger partial charge in [-0.3, -0.25) is 4.79 Å². The topological polar surface area (TPSA) is 84.4 Å². The molecule has 7 nitrogen and oxygen atoms in total. The molecular formula is C21H24N4O3. The largest absolute Gasteiger partial charge is 0.461 e. The van der Waals surface area contributed by atoms with Crippen LogP contribution in [0.5, 0.6) is 0 Å². The lowest BCUT2D eigenvalue weighted by Crippen LogP contribution is -2.25. The summed E-state index contributed by atoms with van der Waals surface area (Å²) >= 11 is 0. The van der Waals surface area contributed by atoms with Crippen molar-refractivity contribution in [2.24, 2.45) is 0 Å². The third kappa shape index (κ3) is 4.42. The smallest absolute Gasteiger partial charge is 0.238 e. The molecule has 146 valence electrons. The van der Waals surface area contributed by atoms with Crippen LogP contribution in [0.2, 0.25) is 0 Å². The van der Waals surface area contributed by atoms with Crippen molar-refractivity contribution in [1.82, 2.24) is 10.1 Å². The number of aromatic nitrogens is 2. The highest BCUT2D eigenvalue weighted by Gasteiger charge is 2.16. The van der Waals surface area contributed by atoms with Crippen LogP contribution in [0.25, 0.3) is 11.6 Å². The molecule has 0 aliphatic carbocycles. The fraction of sp³-hybridized carbons (Fsp3) is 0.381. The molecule has 0 unspecified atom stereocenters. The fourth-order valence-corrected chi connectivity index (χ4v) is 3.46. The van der Waals surface area contributed by atoms with E-state index in [1.165, 1.54) is 25.7 Å². The lowest BCUT2D eigenvalue weighted by molar-refractivity contribution is -0.116. The molecular weight excluding hydrogens is 356 g/mol. The molecule has 1 saturated heterocycles. The van der Waals surface area contributed by atoms with Gasteiger partial charge in [-0.1, -0.05) is 30.1 Å². The van der Waals surface area contributed by atoms with Crippen LogP contribution in [0.1, 0.15) is 38.0 Å². The average molecular weight is 380 g/mol. The standard InChI is InChI=1S/C21H24N4O3/c26-19(11-12-20-23-21(24-28-20)18-10-7-15-27-18)22-16-8-3-4-9-17(16)25-13-5-1-2-6-14-25/h3-4,7-10,15H,1-2,5-6,11-14H2,(H,22,26). The molecule has 1 aliphatic rings. The number of carbonyl (C=O) groups is 1. The molecule has 1 aliphatic heterocycles. The second-order valence-electron chi connectivity index (χ2n) is 6.96. The van der Waals surface area contributed by atoms with Crippen molar-refractivity contribution in [2.75, 3.05) is 23.3 Å². The molecule has 3 aromatic rings. The number of amides is 1. The van der Waals surface area contributed by atoms with E-state index in [0.29, 0.717) is 23.9 Å². The van der Waals surface area contributed by atoms with Gasteiger partial charge in [-0.05, 0) is 37.1 Å². The lowest BCUT2D eigenvalue weighted by Gasteiger charge is -2.25. The van der Waals surface area contributed by atoms with Gasteiger partial charge in [-0.2, -0.15) is 4.98 Å². The minimum atomic E-state index is -0.0694. The van der Waals surface area contributed by atoms with Crippen LogP contribution in [0.3, 0.4) is 0 Å². The van der Waals surface area contributed by atoms with Gasteiger partial charge in [-0.25, -0.2) is 0 Å². The summed E-state index contributed by atoms with van der Waals surface area (Å²) in [7, 11) is 0. The summed E-state index contributed by atoms with van der Waals surface area (Å²) in [6.07, 6.45) is 7.14. The molecule has 4 rings (SSSR count). The van der Waals surface area contributed by atoms with Crippen molar-refractivity contribution in [2.45, 2.75) is 38.5 Å². The van der Waals surface area contributed by atoms with E-state index in [9.17, 15) is 4.79 Å². The van der Waals surface area contributed by atoms with Crippen molar-refractivity contribution in [1.29, 1.82) is 0 Å². The predicted molar refractivity (Wildman–Crippen MR) is 106 cm³/mol. The molecule has 0 atom stereocenters. The summed E-state index contributed by atoms with van der Waals surface area (Å²) in [5, 5.41) is 6.93. The van der Waals surface area contributed by atoms with E-state index < -0.39 is 0 Å². The van der Waals surface area contributed by atoms with Crippen molar-refractivity contribution in [3.05, 3.63) is 48.6 Å². The molecule has 1 aromatic carbocycles. The van der Waals surface area contributed by atoms with Crippen LogP contribution in [-0.2, 0) is 11.2 Å². The molecule has 1 amide bonds. The highest BCUT2D eigenvalue weighted by Crippen LogP contribution is 2.28. The van der Waals surface area contributed by atoms with E-state index in [4.69, 9.17) is 8.94 Å². The van der Waals surface area contributed by atoms with Crippen LogP contribution in [-0.4, -0.2) is 29.1 Å². The van der Waals surface area contributed by atoms with Gasteiger partial charge in [0.15, 0.2) is 5.76 Å². The minimum Gasteiger partial charge on any atom is -0.461 e. The number of furan rings is 1. The quantitative estimate of drug-likeness (QED) is 0.687. The number of benzene rings is 1. The second kappa shape index (κ2) is 8.73.